The van der Waals surface area contributed by atoms with E-state index in [0.29, 0.717) is 0 Å². The molecule has 2 aromatic carbocycles. The van der Waals surface area contributed by atoms with E-state index in [1.54, 1.807) is 0 Å². The summed E-state index contributed by atoms with van der Waals surface area (Å²) in [7, 11) is 0. The first kappa shape index (κ1) is 15.1. The van der Waals surface area contributed by atoms with Gasteiger partial charge >= 0.3 is 0 Å². The van der Waals surface area contributed by atoms with Gasteiger partial charge in [-0.2, -0.15) is 0 Å². The van der Waals surface area contributed by atoms with Gasteiger partial charge in [0.15, 0.2) is 0 Å². The molecule has 2 heteroatoms. The van der Waals surface area contributed by atoms with Gasteiger partial charge in [0.05, 0.1) is 0 Å². The summed E-state index contributed by atoms with van der Waals surface area (Å²) in [6, 6.07) is 15.6. The van der Waals surface area contributed by atoms with Crippen molar-refractivity contribution in [3.63, 3.8) is 0 Å². The minimum absolute atomic E-state index is 0.957. The zero-order chi connectivity index (χ0) is 14.4. The third kappa shape index (κ3) is 4.39. The van der Waals surface area contributed by atoms with Crippen LogP contribution in [0.1, 0.15) is 29.2 Å². The molecule has 1 nitrogen and oxygen atoms in total. The predicted octanol–water partition coefficient (Wildman–Crippen LogP) is 4.71. The summed E-state index contributed by atoms with van der Waals surface area (Å²) >= 11 is 1.91. The number of benzene rings is 2. The van der Waals surface area contributed by atoms with E-state index in [2.05, 4.69) is 68.6 Å². The predicted molar refractivity (Wildman–Crippen MR) is 89.3 cm³/mol. The SMILES string of the molecule is CCNCc1ccc(SCc2cc(C)ccc2C)cc1. The molecule has 0 saturated carbocycles. The number of hydrogen-bond acceptors (Lipinski definition) is 2. The van der Waals surface area contributed by atoms with Crippen molar-refractivity contribution in [1.82, 2.24) is 5.32 Å². The molecule has 0 unspecified atom stereocenters. The Morgan fingerprint density at radius 3 is 2.45 bits per heavy atom. The minimum atomic E-state index is 0.957. The molecule has 106 valence electrons. The summed E-state index contributed by atoms with van der Waals surface area (Å²) in [6.07, 6.45) is 0. The van der Waals surface area contributed by atoms with Crippen LogP contribution in [0.15, 0.2) is 47.4 Å². The normalized spacial score (nSPS) is 10.8. The largest absolute Gasteiger partial charge is 0.313 e. The summed E-state index contributed by atoms with van der Waals surface area (Å²) in [6.45, 7) is 8.45. The Labute approximate surface area is 126 Å². The highest BCUT2D eigenvalue weighted by Gasteiger charge is 2.01. The molecule has 0 amide bonds. The van der Waals surface area contributed by atoms with Crippen LogP contribution in [0, 0.1) is 13.8 Å². The standard InChI is InChI=1S/C18H23NS/c1-4-19-12-16-7-9-18(10-8-16)20-13-17-11-14(2)5-6-15(17)3/h5-11,19H,4,12-13H2,1-3H3. The van der Waals surface area contributed by atoms with Crippen molar-refractivity contribution in [2.75, 3.05) is 6.54 Å². The van der Waals surface area contributed by atoms with E-state index in [0.717, 1.165) is 18.8 Å². The molecular weight excluding hydrogens is 262 g/mol. The second kappa shape index (κ2) is 7.51. The first-order chi connectivity index (χ1) is 9.69. The molecule has 0 bridgehead atoms. The highest BCUT2D eigenvalue weighted by atomic mass is 32.2. The van der Waals surface area contributed by atoms with Crippen LogP contribution in [0.3, 0.4) is 0 Å². The molecule has 0 aliphatic heterocycles. The van der Waals surface area contributed by atoms with Gasteiger partial charge in [-0.3, -0.25) is 0 Å². The Morgan fingerprint density at radius 2 is 1.75 bits per heavy atom. The van der Waals surface area contributed by atoms with Crippen molar-refractivity contribution < 1.29 is 0 Å². The maximum Gasteiger partial charge on any atom is 0.0234 e. The monoisotopic (exact) mass is 285 g/mol. The fourth-order valence-electron chi connectivity index (χ4n) is 2.09. The lowest BCUT2D eigenvalue weighted by Gasteiger charge is -2.08. The van der Waals surface area contributed by atoms with Gasteiger partial charge < -0.3 is 5.32 Å². The summed E-state index contributed by atoms with van der Waals surface area (Å²) in [4.78, 5) is 1.34. The summed E-state index contributed by atoms with van der Waals surface area (Å²) < 4.78 is 0. The average Bonchev–Trinajstić information content (AvgIpc) is 2.47. The molecule has 2 aromatic rings. The van der Waals surface area contributed by atoms with Gasteiger partial charge in [0.2, 0.25) is 0 Å². The average molecular weight is 285 g/mol. The van der Waals surface area contributed by atoms with Gasteiger partial charge in [-0.25, -0.2) is 0 Å². The van der Waals surface area contributed by atoms with Gasteiger partial charge in [-0.05, 0) is 49.2 Å². The van der Waals surface area contributed by atoms with Gasteiger partial charge in [0.1, 0.15) is 0 Å². The van der Waals surface area contributed by atoms with E-state index in [4.69, 9.17) is 0 Å². The van der Waals surface area contributed by atoms with Crippen molar-refractivity contribution >= 4 is 11.8 Å². The molecule has 0 aliphatic rings. The van der Waals surface area contributed by atoms with Crippen LogP contribution >= 0.6 is 11.8 Å². The lowest BCUT2D eigenvalue weighted by Crippen LogP contribution is -2.11. The number of hydrogen-bond donors (Lipinski definition) is 1. The van der Waals surface area contributed by atoms with Gasteiger partial charge in [0.25, 0.3) is 0 Å². The molecule has 0 fully saturated rings. The Hall–Kier alpha value is -1.25. The number of rotatable bonds is 6. The summed E-state index contributed by atoms with van der Waals surface area (Å²) in [5.74, 6) is 1.04. The molecule has 0 saturated heterocycles. The molecule has 1 N–H and O–H groups in total. The van der Waals surface area contributed by atoms with E-state index >= 15 is 0 Å². The number of thioether (sulfide) groups is 1. The maximum atomic E-state index is 3.35. The molecular formula is C18H23NS. The molecule has 0 heterocycles. The molecule has 0 spiro atoms. The van der Waals surface area contributed by atoms with Gasteiger partial charge in [0, 0.05) is 17.2 Å². The molecule has 0 radical (unpaired) electrons. The number of nitrogens with one attached hydrogen (secondary N) is 1. The van der Waals surface area contributed by atoms with E-state index < -0.39 is 0 Å². The summed E-state index contributed by atoms with van der Waals surface area (Å²) in [5.41, 5.74) is 5.51. The zero-order valence-electron chi connectivity index (χ0n) is 12.6. The third-order valence-corrected chi connectivity index (χ3v) is 4.46. The third-order valence-electron chi connectivity index (χ3n) is 3.40. The second-order valence-corrected chi connectivity index (χ2v) is 6.19. The Morgan fingerprint density at radius 1 is 1.00 bits per heavy atom. The molecule has 0 aliphatic carbocycles. The van der Waals surface area contributed by atoms with Gasteiger partial charge in [-0.15, -0.1) is 11.8 Å². The van der Waals surface area contributed by atoms with Crippen LogP contribution in [0.4, 0.5) is 0 Å². The zero-order valence-corrected chi connectivity index (χ0v) is 13.4. The van der Waals surface area contributed by atoms with Crippen LogP contribution in [0.2, 0.25) is 0 Å². The van der Waals surface area contributed by atoms with Crippen LogP contribution < -0.4 is 5.32 Å². The molecule has 0 atom stereocenters. The van der Waals surface area contributed by atoms with Crippen molar-refractivity contribution in [3.05, 3.63) is 64.7 Å². The fraction of sp³-hybridized carbons (Fsp3) is 0.333. The van der Waals surface area contributed by atoms with E-state index in [9.17, 15) is 0 Å². The van der Waals surface area contributed by atoms with Crippen LogP contribution in [-0.4, -0.2) is 6.54 Å². The first-order valence-electron chi connectivity index (χ1n) is 7.17. The van der Waals surface area contributed by atoms with Crippen LogP contribution in [-0.2, 0) is 12.3 Å². The molecule has 2 rings (SSSR count). The first-order valence-corrected chi connectivity index (χ1v) is 8.16. The quantitative estimate of drug-likeness (QED) is 0.772. The van der Waals surface area contributed by atoms with Crippen molar-refractivity contribution in [3.8, 4) is 0 Å². The lowest BCUT2D eigenvalue weighted by molar-refractivity contribution is 0.726. The van der Waals surface area contributed by atoms with E-state index in [-0.39, 0.29) is 0 Å². The maximum absolute atomic E-state index is 3.35. The van der Waals surface area contributed by atoms with Crippen molar-refractivity contribution in [2.24, 2.45) is 0 Å². The van der Waals surface area contributed by atoms with E-state index in [1.807, 2.05) is 11.8 Å². The second-order valence-electron chi connectivity index (χ2n) is 5.14. The Kier molecular flexibility index (Phi) is 5.69. The molecule has 0 aromatic heterocycles. The minimum Gasteiger partial charge on any atom is -0.313 e. The molecule has 20 heavy (non-hydrogen) atoms. The highest BCUT2D eigenvalue weighted by Crippen LogP contribution is 2.25. The summed E-state index contributed by atoms with van der Waals surface area (Å²) in [5, 5.41) is 3.35. The Balaban J connectivity index is 1.95. The highest BCUT2D eigenvalue weighted by molar-refractivity contribution is 7.98. The van der Waals surface area contributed by atoms with Crippen LogP contribution in [0.25, 0.3) is 0 Å². The smallest absolute Gasteiger partial charge is 0.0234 e. The van der Waals surface area contributed by atoms with Crippen LogP contribution in [0.5, 0.6) is 0 Å². The fourth-order valence-corrected chi connectivity index (χ4v) is 3.05. The lowest BCUT2D eigenvalue weighted by atomic mass is 10.1. The van der Waals surface area contributed by atoms with Crippen molar-refractivity contribution in [2.45, 2.75) is 38.0 Å². The topological polar surface area (TPSA) is 12.0 Å². The van der Waals surface area contributed by atoms with Gasteiger partial charge in [-0.1, -0.05) is 42.8 Å². The van der Waals surface area contributed by atoms with Crippen molar-refractivity contribution in [1.29, 1.82) is 0 Å². The Bertz CT molecular complexity index is 546. The number of aryl methyl sites for hydroxylation is 2. The van der Waals surface area contributed by atoms with E-state index in [1.165, 1.54) is 27.1 Å².